The topological polar surface area (TPSA) is 84.7 Å². The Bertz CT molecular complexity index is 689. The first-order chi connectivity index (χ1) is 10.6. The largest absolute Gasteiger partial charge is 0.444 e. The molecule has 0 atom stereocenters. The summed E-state index contributed by atoms with van der Waals surface area (Å²) in [5.41, 5.74) is -0.985. The van der Waals surface area contributed by atoms with Gasteiger partial charge in [-0.25, -0.2) is 13.8 Å². The van der Waals surface area contributed by atoms with Gasteiger partial charge in [-0.05, 0) is 33.6 Å². The van der Waals surface area contributed by atoms with Crippen LogP contribution in [-0.2, 0) is 14.9 Å². The Morgan fingerprint density at radius 1 is 1.26 bits per heavy atom. The summed E-state index contributed by atoms with van der Waals surface area (Å²) in [5, 5.41) is 0. The van der Waals surface area contributed by atoms with Gasteiger partial charge in [0.15, 0.2) is 0 Å². The molecule has 0 bridgehead atoms. The molecule has 3 rings (SSSR count). The van der Waals surface area contributed by atoms with Crippen LogP contribution in [0.2, 0.25) is 0 Å². The molecule has 0 unspecified atom stereocenters. The SMILES string of the molecule is CC(C)(C)OC(=O)N1CCN(S(=O)(=O)n2ccnc2)CC12CC2. The molecule has 1 spiro atoms. The number of carbonyl (C=O) groups is 1. The van der Waals surface area contributed by atoms with E-state index in [2.05, 4.69) is 4.98 Å². The van der Waals surface area contributed by atoms with E-state index in [4.69, 9.17) is 4.74 Å². The van der Waals surface area contributed by atoms with E-state index >= 15 is 0 Å². The lowest BCUT2D eigenvalue weighted by molar-refractivity contribution is 0.00156. The van der Waals surface area contributed by atoms with E-state index in [-0.39, 0.29) is 12.6 Å². The predicted molar refractivity (Wildman–Crippen MR) is 83.0 cm³/mol. The van der Waals surface area contributed by atoms with Gasteiger partial charge < -0.3 is 4.74 Å². The number of ether oxygens (including phenoxy) is 1. The zero-order valence-electron chi connectivity index (χ0n) is 13.6. The summed E-state index contributed by atoms with van der Waals surface area (Å²) in [7, 11) is -3.63. The summed E-state index contributed by atoms with van der Waals surface area (Å²) in [5.74, 6) is 0. The molecule has 9 heteroatoms. The third kappa shape index (κ3) is 3.07. The van der Waals surface area contributed by atoms with E-state index in [9.17, 15) is 13.2 Å². The summed E-state index contributed by atoms with van der Waals surface area (Å²) in [6, 6.07) is 0. The number of hydrogen-bond donors (Lipinski definition) is 0. The Kier molecular flexibility index (Phi) is 3.68. The third-order valence-electron chi connectivity index (χ3n) is 4.13. The second-order valence-electron chi connectivity index (χ2n) is 7.09. The van der Waals surface area contributed by atoms with Gasteiger partial charge in [0.05, 0.1) is 5.54 Å². The quantitative estimate of drug-likeness (QED) is 0.802. The fourth-order valence-corrected chi connectivity index (χ4v) is 4.19. The van der Waals surface area contributed by atoms with E-state index in [1.807, 2.05) is 20.8 Å². The lowest BCUT2D eigenvalue weighted by Crippen LogP contribution is -2.59. The highest BCUT2D eigenvalue weighted by atomic mass is 32.2. The average Bonchev–Trinajstić information content (AvgIpc) is 2.99. The molecule has 1 aliphatic carbocycles. The number of amides is 1. The molecule has 2 heterocycles. The Hall–Kier alpha value is -1.61. The van der Waals surface area contributed by atoms with E-state index in [1.54, 1.807) is 4.90 Å². The maximum Gasteiger partial charge on any atom is 0.410 e. The van der Waals surface area contributed by atoms with Crippen molar-refractivity contribution in [2.45, 2.75) is 44.8 Å². The first kappa shape index (κ1) is 16.3. The highest BCUT2D eigenvalue weighted by molar-refractivity contribution is 7.87. The van der Waals surface area contributed by atoms with Gasteiger partial charge in [0, 0.05) is 32.0 Å². The minimum Gasteiger partial charge on any atom is -0.444 e. The third-order valence-corrected chi connectivity index (χ3v) is 5.84. The molecule has 0 radical (unpaired) electrons. The molecular formula is C14H22N4O4S. The second-order valence-corrected chi connectivity index (χ2v) is 8.92. The summed E-state index contributed by atoms with van der Waals surface area (Å²) in [4.78, 5) is 17.9. The van der Waals surface area contributed by atoms with Crippen molar-refractivity contribution in [3.8, 4) is 0 Å². The van der Waals surface area contributed by atoms with Crippen LogP contribution in [0.1, 0.15) is 33.6 Å². The van der Waals surface area contributed by atoms with Crippen molar-refractivity contribution in [3.05, 3.63) is 18.7 Å². The zero-order chi connectivity index (χ0) is 16.9. The Morgan fingerprint density at radius 2 is 1.96 bits per heavy atom. The van der Waals surface area contributed by atoms with Gasteiger partial charge >= 0.3 is 16.3 Å². The molecule has 2 aliphatic rings. The molecule has 128 valence electrons. The van der Waals surface area contributed by atoms with Crippen LogP contribution < -0.4 is 0 Å². The summed E-state index contributed by atoms with van der Waals surface area (Å²) in [6.45, 7) is 6.36. The molecular weight excluding hydrogens is 320 g/mol. The smallest absolute Gasteiger partial charge is 0.410 e. The van der Waals surface area contributed by atoms with Crippen LogP contribution in [0.15, 0.2) is 18.7 Å². The van der Waals surface area contributed by atoms with Crippen LogP contribution >= 0.6 is 0 Å². The summed E-state index contributed by atoms with van der Waals surface area (Å²) < 4.78 is 33.1. The second kappa shape index (κ2) is 5.20. The highest BCUT2D eigenvalue weighted by Crippen LogP contribution is 2.45. The Balaban J connectivity index is 1.75. The van der Waals surface area contributed by atoms with Crippen molar-refractivity contribution < 1.29 is 17.9 Å². The van der Waals surface area contributed by atoms with Gasteiger partial charge in [0.25, 0.3) is 0 Å². The van der Waals surface area contributed by atoms with Crippen molar-refractivity contribution in [2.75, 3.05) is 19.6 Å². The molecule has 1 aromatic heterocycles. The number of hydrogen-bond acceptors (Lipinski definition) is 5. The van der Waals surface area contributed by atoms with E-state index in [0.29, 0.717) is 13.1 Å². The average molecular weight is 342 g/mol. The highest BCUT2D eigenvalue weighted by Gasteiger charge is 2.56. The first-order valence-electron chi connectivity index (χ1n) is 7.63. The van der Waals surface area contributed by atoms with E-state index in [1.165, 1.54) is 23.0 Å². The van der Waals surface area contributed by atoms with Crippen LogP contribution in [0.4, 0.5) is 4.79 Å². The molecule has 23 heavy (non-hydrogen) atoms. The van der Waals surface area contributed by atoms with Gasteiger partial charge in [0.1, 0.15) is 11.9 Å². The number of nitrogens with zero attached hydrogens (tertiary/aromatic N) is 4. The van der Waals surface area contributed by atoms with Crippen LogP contribution in [0.3, 0.4) is 0 Å². The minimum atomic E-state index is -3.63. The fraction of sp³-hybridized carbons (Fsp3) is 0.714. The van der Waals surface area contributed by atoms with Gasteiger partial charge in [-0.1, -0.05) is 0 Å². The molecule has 0 aromatic carbocycles. The lowest BCUT2D eigenvalue weighted by atomic mass is 10.1. The summed E-state index contributed by atoms with van der Waals surface area (Å²) >= 11 is 0. The van der Waals surface area contributed by atoms with Crippen molar-refractivity contribution in [1.82, 2.24) is 18.2 Å². The molecule has 1 amide bonds. The van der Waals surface area contributed by atoms with Crippen molar-refractivity contribution in [3.63, 3.8) is 0 Å². The maximum absolute atomic E-state index is 12.6. The standard InChI is InChI=1S/C14H22N4O4S/c1-13(2,3)22-12(19)18-9-8-16(10-14(18)4-5-14)23(20,21)17-7-6-15-11-17/h6-7,11H,4-5,8-10H2,1-3H3. The van der Waals surface area contributed by atoms with Crippen LogP contribution in [0.25, 0.3) is 0 Å². The molecule has 2 fully saturated rings. The number of rotatable bonds is 2. The van der Waals surface area contributed by atoms with Gasteiger partial charge in [-0.15, -0.1) is 0 Å². The molecule has 1 saturated carbocycles. The van der Waals surface area contributed by atoms with E-state index in [0.717, 1.165) is 16.8 Å². The molecule has 1 aliphatic heterocycles. The van der Waals surface area contributed by atoms with Crippen molar-refractivity contribution in [1.29, 1.82) is 0 Å². The summed E-state index contributed by atoms with van der Waals surface area (Å²) in [6.07, 6.45) is 5.34. The molecule has 0 N–H and O–H groups in total. The Morgan fingerprint density at radius 3 is 2.48 bits per heavy atom. The monoisotopic (exact) mass is 342 g/mol. The normalized spacial score (nSPS) is 21.4. The molecule has 1 saturated heterocycles. The van der Waals surface area contributed by atoms with Crippen LogP contribution in [-0.4, -0.2) is 63.4 Å². The Labute approximate surface area is 136 Å². The van der Waals surface area contributed by atoms with Crippen molar-refractivity contribution in [2.24, 2.45) is 0 Å². The van der Waals surface area contributed by atoms with E-state index < -0.39 is 21.3 Å². The van der Waals surface area contributed by atoms with Gasteiger partial charge in [-0.3, -0.25) is 4.90 Å². The van der Waals surface area contributed by atoms with Gasteiger partial charge in [0.2, 0.25) is 0 Å². The number of carbonyl (C=O) groups excluding carboxylic acids is 1. The molecule has 1 aromatic rings. The van der Waals surface area contributed by atoms with Crippen LogP contribution in [0, 0.1) is 0 Å². The number of imidazole rings is 1. The zero-order valence-corrected chi connectivity index (χ0v) is 14.4. The fourth-order valence-electron chi connectivity index (χ4n) is 2.83. The lowest BCUT2D eigenvalue weighted by Gasteiger charge is -2.41. The van der Waals surface area contributed by atoms with Gasteiger partial charge in [-0.2, -0.15) is 12.7 Å². The number of aromatic nitrogens is 2. The maximum atomic E-state index is 12.6. The number of piperazine rings is 1. The first-order valence-corrected chi connectivity index (χ1v) is 9.03. The van der Waals surface area contributed by atoms with Crippen LogP contribution in [0.5, 0.6) is 0 Å². The predicted octanol–water partition coefficient (Wildman–Crippen LogP) is 1.06. The molecule has 8 nitrogen and oxygen atoms in total. The minimum absolute atomic E-state index is 0.251. The van der Waals surface area contributed by atoms with Crippen molar-refractivity contribution >= 4 is 16.3 Å².